The third-order valence-electron chi connectivity index (χ3n) is 2.90. The summed E-state index contributed by atoms with van der Waals surface area (Å²) in [6.07, 6.45) is 0.949. The van der Waals surface area contributed by atoms with Gasteiger partial charge < -0.3 is 10.5 Å². The van der Waals surface area contributed by atoms with E-state index in [1.807, 2.05) is 6.92 Å². The van der Waals surface area contributed by atoms with Crippen LogP contribution < -0.4 is 10.5 Å². The normalized spacial score (nSPS) is 10.5. The van der Waals surface area contributed by atoms with Crippen LogP contribution in [0.25, 0.3) is 0 Å². The van der Waals surface area contributed by atoms with Gasteiger partial charge in [0.2, 0.25) is 0 Å². The maximum Gasteiger partial charge on any atom is 0.122 e. The molecule has 0 aliphatic carbocycles. The van der Waals surface area contributed by atoms with Crippen molar-refractivity contribution in [3.05, 3.63) is 28.3 Å². The number of hydrogen-bond donors (Lipinski definition) is 1. The molecule has 0 aliphatic heterocycles. The van der Waals surface area contributed by atoms with Gasteiger partial charge in [0.1, 0.15) is 5.75 Å². The fourth-order valence-electron chi connectivity index (χ4n) is 1.93. The van der Waals surface area contributed by atoms with Crippen LogP contribution in [0.1, 0.15) is 29.2 Å². The van der Waals surface area contributed by atoms with Crippen LogP contribution in [0, 0.1) is 20.8 Å². The maximum absolute atomic E-state index is 5.61. The van der Waals surface area contributed by atoms with Crippen LogP contribution in [0.2, 0.25) is 0 Å². The van der Waals surface area contributed by atoms with E-state index in [2.05, 4.69) is 26.8 Å². The van der Waals surface area contributed by atoms with E-state index in [1.54, 1.807) is 0 Å². The second kappa shape index (κ2) is 5.17. The van der Waals surface area contributed by atoms with Crippen molar-refractivity contribution in [1.82, 2.24) is 0 Å². The summed E-state index contributed by atoms with van der Waals surface area (Å²) in [6.45, 7) is 9.82. The van der Waals surface area contributed by atoms with Crippen LogP contribution in [-0.2, 0) is 6.42 Å². The Balaban J connectivity index is 3.18. The van der Waals surface area contributed by atoms with Crippen molar-refractivity contribution < 1.29 is 4.74 Å². The van der Waals surface area contributed by atoms with Gasteiger partial charge in [0.15, 0.2) is 0 Å². The molecular weight excluding hydrogens is 186 g/mol. The minimum Gasteiger partial charge on any atom is -0.494 e. The maximum atomic E-state index is 5.61. The minimum absolute atomic E-state index is 0.703. The van der Waals surface area contributed by atoms with E-state index in [-0.39, 0.29) is 0 Å². The predicted molar refractivity (Wildman–Crippen MR) is 64.6 cm³/mol. The van der Waals surface area contributed by atoms with Crippen molar-refractivity contribution in [2.45, 2.75) is 34.1 Å². The Morgan fingerprint density at radius 2 is 1.87 bits per heavy atom. The van der Waals surface area contributed by atoms with Gasteiger partial charge in [0.25, 0.3) is 0 Å². The smallest absolute Gasteiger partial charge is 0.122 e. The third kappa shape index (κ3) is 2.51. The van der Waals surface area contributed by atoms with Gasteiger partial charge in [0, 0.05) is 0 Å². The van der Waals surface area contributed by atoms with E-state index >= 15 is 0 Å². The van der Waals surface area contributed by atoms with Gasteiger partial charge in [-0.15, -0.1) is 0 Å². The molecule has 0 amide bonds. The van der Waals surface area contributed by atoms with Crippen LogP contribution in [0.3, 0.4) is 0 Å². The number of aryl methyl sites for hydroxylation is 1. The summed E-state index contributed by atoms with van der Waals surface area (Å²) in [5.74, 6) is 1.01. The molecule has 0 spiro atoms. The van der Waals surface area contributed by atoms with Crippen LogP contribution in [0.5, 0.6) is 5.75 Å². The first-order valence-electron chi connectivity index (χ1n) is 5.54. The Morgan fingerprint density at radius 3 is 2.40 bits per heavy atom. The molecule has 2 N–H and O–H groups in total. The minimum atomic E-state index is 0.703. The van der Waals surface area contributed by atoms with Crippen LogP contribution in [-0.4, -0.2) is 13.2 Å². The second-order valence-electron chi connectivity index (χ2n) is 3.89. The largest absolute Gasteiger partial charge is 0.494 e. The highest BCUT2D eigenvalue weighted by molar-refractivity contribution is 5.48. The molecule has 84 valence electrons. The predicted octanol–water partition coefficient (Wildman–Crippen LogP) is 2.51. The molecule has 15 heavy (non-hydrogen) atoms. The second-order valence-corrected chi connectivity index (χ2v) is 3.89. The fourth-order valence-corrected chi connectivity index (χ4v) is 1.93. The van der Waals surface area contributed by atoms with E-state index in [0.29, 0.717) is 6.54 Å². The monoisotopic (exact) mass is 207 g/mol. The molecule has 2 heteroatoms. The molecule has 0 aromatic heterocycles. The van der Waals surface area contributed by atoms with Crippen molar-refractivity contribution in [3.63, 3.8) is 0 Å². The quantitative estimate of drug-likeness (QED) is 0.823. The lowest BCUT2D eigenvalue weighted by Crippen LogP contribution is -2.08. The lowest BCUT2D eigenvalue weighted by atomic mass is 9.95. The topological polar surface area (TPSA) is 35.2 Å². The van der Waals surface area contributed by atoms with E-state index in [1.165, 1.54) is 22.3 Å². The lowest BCUT2D eigenvalue weighted by Gasteiger charge is -2.16. The molecule has 0 radical (unpaired) electrons. The van der Waals surface area contributed by atoms with Gasteiger partial charge in [-0.05, 0) is 69.0 Å². The summed E-state index contributed by atoms with van der Waals surface area (Å²) in [4.78, 5) is 0. The van der Waals surface area contributed by atoms with E-state index in [0.717, 1.165) is 18.8 Å². The molecule has 0 bridgehead atoms. The van der Waals surface area contributed by atoms with Gasteiger partial charge in [-0.1, -0.05) is 0 Å². The molecule has 0 atom stereocenters. The Morgan fingerprint density at radius 1 is 1.20 bits per heavy atom. The van der Waals surface area contributed by atoms with Crippen molar-refractivity contribution in [2.75, 3.05) is 13.2 Å². The van der Waals surface area contributed by atoms with Crippen LogP contribution in [0.4, 0.5) is 0 Å². The molecule has 2 nitrogen and oxygen atoms in total. The Bertz CT molecular complexity index is 345. The summed E-state index contributed by atoms with van der Waals surface area (Å²) in [5, 5.41) is 0. The van der Waals surface area contributed by atoms with Crippen molar-refractivity contribution in [2.24, 2.45) is 5.73 Å². The number of nitrogens with two attached hydrogens (primary N) is 1. The van der Waals surface area contributed by atoms with Gasteiger partial charge in [-0.2, -0.15) is 0 Å². The number of benzene rings is 1. The van der Waals surface area contributed by atoms with Crippen molar-refractivity contribution in [3.8, 4) is 5.75 Å². The Hall–Kier alpha value is -1.02. The van der Waals surface area contributed by atoms with Gasteiger partial charge in [0.05, 0.1) is 6.61 Å². The zero-order valence-corrected chi connectivity index (χ0v) is 10.2. The summed E-state index contributed by atoms with van der Waals surface area (Å²) < 4.78 is 5.60. The summed E-state index contributed by atoms with van der Waals surface area (Å²) >= 11 is 0. The molecule has 0 saturated carbocycles. The molecule has 0 heterocycles. The van der Waals surface area contributed by atoms with Gasteiger partial charge >= 0.3 is 0 Å². The first kappa shape index (κ1) is 12.1. The molecule has 1 aromatic carbocycles. The summed E-state index contributed by atoms with van der Waals surface area (Å²) in [7, 11) is 0. The average molecular weight is 207 g/mol. The van der Waals surface area contributed by atoms with Gasteiger partial charge in [-0.25, -0.2) is 0 Å². The molecular formula is C13H21NO. The molecule has 0 saturated heterocycles. The third-order valence-corrected chi connectivity index (χ3v) is 2.90. The summed E-state index contributed by atoms with van der Waals surface area (Å²) in [5.41, 5.74) is 10.8. The molecule has 1 rings (SSSR count). The standard InChI is InChI=1S/C13H21NO/c1-5-15-13-8-9(2)12(6-7-14)10(3)11(13)4/h8H,5-7,14H2,1-4H3. The van der Waals surface area contributed by atoms with E-state index in [9.17, 15) is 0 Å². The average Bonchev–Trinajstić information content (AvgIpc) is 2.21. The zero-order chi connectivity index (χ0) is 11.4. The molecule has 0 fully saturated rings. The van der Waals surface area contributed by atoms with E-state index in [4.69, 9.17) is 10.5 Å². The highest BCUT2D eigenvalue weighted by atomic mass is 16.5. The fraction of sp³-hybridized carbons (Fsp3) is 0.538. The number of ether oxygens (including phenoxy) is 1. The van der Waals surface area contributed by atoms with Gasteiger partial charge in [-0.3, -0.25) is 0 Å². The van der Waals surface area contributed by atoms with E-state index < -0.39 is 0 Å². The first-order chi connectivity index (χ1) is 7.11. The first-order valence-corrected chi connectivity index (χ1v) is 5.54. The Labute approximate surface area is 92.4 Å². The highest BCUT2D eigenvalue weighted by Crippen LogP contribution is 2.27. The number of hydrogen-bond acceptors (Lipinski definition) is 2. The highest BCUT2D eigenvalue weighted by Gasteiger charge is 2.09. The van der Waals surface area contributed by atoms with Crippen molar-refractivity contribution >= 4 is 0 Å². The van der Waals surface area contributed by atoms with Crippen molar-refractivity contribution in [1.29, 1.82) is 0 Å². The zero-order valence-electron chi connectivity index (χ0n) is 10.2. The van der Waals surface area contributed by atoms with Crippen LogP contribution >= 0.6 is 0 Å². The summed E-state index contributed by atoms with van der Waals surface area (Å²) in [6, 6.07) is 2.12. The van der Waals surface area contributed by atoms with Crippen LogP contribution in [0.15, 0.2) is 6.07 Å². The SMILES string of the molecule is CCOc1cc(C)c(CCN)c(C)c1C. The molecule has 0 aliphatic rings. The lowest BCUT2D eigenvalue weighted by molar-refractivity contribution is 0.337. The molecule has 1 aromatic rings. The molecule has 0 unspecified atom stereocenters. The number of rotatable bonds is 4. The Kier molecular flexibility index (Phi) is 4.15.